The van der Waals surface area contributed by atoms with Gasteiger partial charge in [-0.05, 0) is 60.0 Å². The van der Waals surface area contributed by atoms with Crippen LogP contribution in [-0.4, -0.2) is 17.4 Å². The first-order valence-electron chi connectivity index (χ1n) is 8.57. The molecule has 0 unspecified atom stereocenters. The number of ether oxygens (including phenoxy) is 1. The van der Waals surface area contributed by atoms with Crippen molar-refractivity contribution < 1.29 is 13.9 Å². The van der Waals surface area contributed by atoms with Crippen LogP contribution in [0.4, 0.5) is 4.39 Å². The Balaban J connectivity index is 1.48. The molecule has 0 aliphatic heterocycles. The van der Waals surface area contributed by atoms with Crippen molar-refractivity contribution in [3.63, 3.8) is 0 Å². The summed E-state index contributed by atoms with van der Waals surface area (Å²) < 4.78 is 18.6. The number of aromatic nitrogens is 1. The van der Waals surface area contributed by atoms with E-state index in [1.807, 2.05) is 24.3 Å². The molecule has 0 aliphatic rings. The average Bonchev–Trinajstić information content (AvgIpc) is 2.69. The van der Waals surface area contributed by atoms with Crippen LogP contribution >= 0.6 is 0 Å². The van der Waals surface area contributed by atoms with Crippen molar-refractivity contribution in [3.8, 4) is 11.5 Å². The van der Waals surface area contributed by atoms with Gasteiger partial charge in [0.05, 0.1) is 0 Å². The molecule has 0 radical (unpaired) electrons. The normalized spacial score (nSPS) is 10.7. The molecule has 0 aliphatic carbocycles. The number of nitrogens with zero attached hydrogens (tertiary/aromatic N) is 1. The lowest BCUT2D eigenvalue weighted by Crippen LogP contribution is -2.23. The van der Waals surface area contributed by atoms with Crippen LogP contribution in [0.3, 0.4) is 0 Å². The first kappa shape index (κ1) is 18.3. The zero-order chi connectivity index (χ0) is 18.9. The minimum atomic E-state index is -0.299. The van der Waals surface area contributed by atoms with Crippen molar-refractivity contribution in [1.82, 2.24) is 10.3 Å². The molecular formula is C22H19FN2O2. The van der Waals surface area contributed by atoms with Crippen LogP contribution in [0, 0.1) is 5.82 Å². The van der Waals surface area contributed by atoms with Crippen LogP contribution in [0.1, 0.15) is 11.1 Å². The number of amides is 1. The molecule has 27 heavy (non-hydrogen) atoms. The maximum Gasteiger partial charge on any atom is 0.244 e. The highest BCUT2D eigenvalue weighted by Gasteiger charge is 2.01. The smallest absolute Gasteiger partial charge is 0.244 e. The summed E-state index contributed by atoms with van der Waals surface area (Å²) in [5, 5.41) is 2.83. The standard InChI is InChI=1S/C22H19FN2O2/c23-19-7-4-17(5-8-19)6-9-22(26)25-15-10-18-2-1-3-21(16-18)27-20-11-13-24-14-12-20/h1-9,11-14,16H,10,15H2,(H,25,26). The minimum absolute atomic E-state index is 0.191. The lowest BCUT2D eigenvalue weighted by molar-refractivity contribution is -0.116. The van der Waals surface area contributed by atoms with Gasteiger partial charge in [-0.2, -0.15) is 0 Å². The van der Waals surface area contributed by atoms with Gasteiger partial charge in [0.1, 0.15) is 17.3 Å². The van der Waals surface area contributed by atoms with Crippen molar-refractivity contribution in [2.75, 3.05) is 6.54 Å². The lowest BCUT2D eigenvalue weighted by atomic mass is 10.1. The molecule has 1 aromatic heterocycles. The molecule has 0 fully saturated rings. The Hall–Kier alpha value is -3.47. The predicted molar refractivity (Wildman–Crippen MR) is 103 cm³/mol. The Labute approximate surface area is 157 Å². The molecule has 1 N–H and O–H groups in total. The Bertz CT molecular complexity index is 909. The summed E-state index contributed by atoms with van der Waals surface area (Å²) >= 11 is 0. The van der Waals surface area contributed by atoms with Crippen molar-refractivity contribution in [3.05, 3.63) is 96.1 Å². The lowest BCUT2D eigenvalue weighted by Gasteiger charge is -2.08. The van der Waals surface area contributed by atoms with Crippen LogP contribution in [0.2, 0.25) is 0 Å². The summed E-state index contributed by atoms with van der Waals surface area (Å²) in [5.74, 6) is 0.970. The van der Waals surface area contributed by atoms with E-state index in [1.165, 1.54) is 18.2 Å². The molecule has 0 spiro atoms. The van der Waals surface area contributed by atoms with Gasteiger partial charge in [-0.3, -0.25) is 9.78 Å². The highest BCUT2D eigenvalue weighted by atomic mass is 19.1. The van der Waals surface area contributed by atoms with Crippen LogP contribution < -0.4 is 10.1 Å². The third kappa shape index (κ3) is 6.08. The summed E-state index contributed by atoms with van der Waals surface area (Å²) in [4.78, 5) is 15.8. The van der Waals surface area contributed by atoms with E-state index in [0.717, 1.165) is 22.6 Å². The SMILES string of the molecule is O=C(C=Cc1ccc(F)cc1)NCCc1cccc(Oc2ccncc2)c1. The summed E-state index contributed by atoms with van der Waals surface area (Å²) in [7, 11) is 0. The fourth-order valence-corrected chi connectivity index (χ4v) is 2.44. The Morgan fingerprint density at radius 3 is 2.59 bits per heavy atom. The zero-order valence-corrected chi connectivity index (χ0v) is 14.6. The third-order valence-corrected chi connectivity index (χ3v) is 3.79. The molecule has 1 amide bonds. The van der Waals surface area contributed by atoms with Gasteiger partial charge in [-0.1, -0.05) is 24.3 Å². The van der Waals surface area contributed by atoms with E-state index in [0.29, 0.717) is 13.0 Å². The molecular weight excluding hydrogens is 343 g/mol. The second-order valence-electron chi connectivity index (χ2n) is 5.86. The molecule has 136 valence electrons. The fraction of sp³-hybridized carbons (Fsp3) is 0.0909. The molecule has 0 saturated carbocycles. The van der Waals surface area contributed by atoms with E-state index in [9.17, 15) is 9.18 Å². The maximum absolute atomic E-state index is 12.8. The van der Waals surface area contributed by atoms with E-state index in [4.69, 9.17) is 4.74 Å². The van der Waals surface area contributed by atoms with Crippen molar-refractivity contribution in [1.29, 1.82) is 0 Å². The molecule has 2 aromatic carbocycles. The van der Waals surface area contributed by atoms with Crippen molar-refractivity contribution in [2.24, 2.45) is 0 Å². The summed E-state index contributed by atoms with van der Waals surface area (Å²) in [6.07, 6.45) is 7.13. The molecule has 1 heterocycles. The molecule has 0 bridgehead atoms. The van der Waals surface area contributed by atoms with Gasteiger partial charge in [0, 0.05) is 25.0 Å². The van der Waals surface area contributed by atoms with Gasteiger partial charge in [0.25, 0.3) is 0 Å². The van der Waals surface area contributed by atoms with E-state index in [-0.39, 0.29) is 11.7 Å². The van der Waals surface area contributed by atoms with Crippen LogP contribution in [0.15, 0.2) is 79.1 Å². The van der Waals surface area contributed by atoms with Gasteiger partial charge in [0.15, 0.2) is 0 Å². The van der Waals surface area contributed by atoms with Crippen molar-refractivity contribution >= 4 is 12.0 Å². The van der Waals surface area contributed by atoms with Crippen LogP contribution in [0.25, 0.3) is 6.08 Å². The largest absolute Gasteiger partial charge is 0.457 e. The summed E-state index contributed by atoms with van der Waals surface area (Å²) in [6.45, 7) is 0.505. The first-order chi connectivity index (χ1) is 13.2. The average molecular weight is 362 g/mol. The third-order valence-electron chi connectivity index (χ3n) is 3.79. The first-order valence-corrected chi connectivity index (χ1v) is 8.57. The van der Waals surface area contributed by atoms with Crippen molar-refractivity contribution in [2.45, 2.75) is 6.42 Å². The van der Waals surface area contributed by atoms with Gasteiger partial charge in [0.2, 0.25) is 5.91 Å². The number of nitrogens with one attached hydrogen (secondary N) is 1. The zero-order valence-electron chi connectivity index (χ0n) is 14.6. The molecule has 3 rings (SSSR count). The van der Waals surface area contributed by atoms with Gasteiger partial charge in [-0.25, -0.2) is 4.39 Å². The maximum atomic E-state index is 12.8. The van der Waals surface area contributed by atoms with E-state index in [1.54, 1.807) is 42.7 Å². The second kappa shape index (κ2) is 9.29. The number of rotatable bonds is 7. The molecule has 5 heteroatoms. The Kier molecular flexibility index (Phi) is 6.30. The molecule has 0 atom stereocenters. The van der Waals surface area contributed by atoms with Crippen LogP contribution in [0.5, 0.6) is 11.5 Å². The molecule has 4 nitrogen and oxygen atoms in total. The highest BCUT2D eigenvalue weighted by Crippen LogP contribution is 2.21. The summed E-state index contributed by atoms with van der Waals surface area (Å²) in [6, 6.07) is 17.3. The van der Waals surface area contributed by atoms with Gasteiger partial charge < -0.3 is 10.1 Å². The predicted octanol–water partition coefficient (Wildman–Crippen LogP) is 4.39. The number of carbonyl (C=O) groups excluding carboxylic acids is 1. The molecule has 0 saturated heterocycles. The quantitative estimate of drug-likeness (QED) is 0.635. The van der Waals surface area contributed by atoms with Gasteiger partial charge >= 0.3 is 0 Å². The van der Waals surface area contributed by atoms with Gasteiger partial charge in [-0.15, -0.1) is 0 Å². The topological polar surface area (TPSA) is 51.2 Å². The second-order valence-corrected chi connectivity index (χ2v) is 5.86. The monoisotopic (exact) mass is 362 g/mol. The van der Waals surface area contributed by atoms with E-state index in [2.05, 4.69) is 10.3 Å². The number of pyridine rings is 1. The van der Waals surface area contributed by atoms with Crippen LogP contribution in [-0.2, 0) is 11.2 Å². The van der Waals surface area contributed by atoms with E-state index >= 15 is 0 Å². The number of hydrogen-bond donors (Lipinski definition) is 1. The summed E-state index contributed by atoms with van der Waals surface area (Å²) in [5.41, 5.74) is 1.83. The number of halogens is 1. The minimum Gasteiger partial charge on any atom is -0.457 e. The van der Waals surface area contributed by atoms with E-state index < -0.39 is 0 Å². The number of hydrogen-bond acceptors (Lipinski definition) is 3. The fourth-order valence-electron chi connectivity index (χ4n) is 2.44. The number of benzene rings is 2. The highest BCUT2D eigenvalue weighted by molar-refractivity contribution is 5.91. The Morgan fingerprint density at radius 1 is 1.04 bits per heavy atom. The molecule has 3 aromatic rings. The number of carbonyl (C=O) groups is 1. The Morgan fingerprint density at radius 2 is 1.81 bits per heavy atom.